The van der Waals surface area contributed by atoms with Gasteiger partial charge in [-0.1, -0.05) is 27.2 Å². The number of aromatic nitrogens is 2. The van der Waals surface area contributed by atoms with Crippen molar-refractivity contribution < 1.29 is 0 Å². The summed E-state index contributed by atoms with van der Waals surface area (Å²) in [7, 11) is 2.07. The van der Waals surface area contributed by atoms with Crippen LogP contribution >= 0.6 is 0 Å². The molecular weight excluding hydrogens is 234 g/mol. The highest BCUT2D eigenvalue weighted by Crippen LogP contribution is 2.42. The Labute approximate surface area is 117 Å². The molecule has 2 N–H and O–H groups in total. The number of hydrogen-bond acceptors (Lipinski definition) is 2. The predicted molar refractivity (Wildman–Crippen MR) is 79.8 cm³/mol. The lowest BCUT2D eigenvalue weighted by Crippen LogP contribution is -2.44. The van der Waals surface area contributed by atoms with E-state index in [1.165, 1.54) is 31.5 Å². The van der Waals surface area contributed by atoms with Gasteiger partial charge in [-0.2, -0.15) is 0 Å². The summed E-state index contributed by atoms with van der Waals surface area (Å²) in [6.07, 6.45) is 9.95. The van der Waals surface area contributed by atoms with E-state index < -0.39 is 0 Å². The fourth-order valence-electron chi connectivity index (χ4n) is 3.65. The Morgan fingerprint density at radius 3 is 2.74 bits per heavy atom. The van der Waals surface area contributed by atoms with Gasteiger partial charge in [-0.25, -0.2) is 4.98 Å². The van der Waals surface area contributed by atoms with Crippen LogP contribution in [-0.2, 0) is 13.5 Å². The second-order valence-corrected chi connectivity index (χ2v) is 7.13. The van der Waals surface area contributed by atoms with Crippen LogP contribution < -0.4 is 5.73 Å². The van der Waals surface area contributed by atoms with Crippen molar-refractivity contribution in [2.75, 3.05) is 0 Å². The third kappa shape index (κ3) is 3.38. The summed E-state index contributed by atoms with van der Waals surface area (Å²) in [4.78, 5) is 4.43. The molecule has 19 heavy (non-hydrogen) atoms. The van der Waals surface area contributed by atoms with Crippen LogP contribution in [-0.4, -0.2) is 15.6 Å². The van der Waals surface area contributed by atoms with Crippen LogP contribution in [0.25, 0.3) is 0 Å². The zero-order valence-corrected chi connectivity index (χ0v) is 12.9. The van der Waals surface area contributed by atoms with Crippen LogP contribution in [0.1, 0.15) is 52.3 Å². The molecule has 0 aliphatic heterocycles. The number of nitrogens with zero attached hydrogens (tertiary/aromatic N) is 2. The molecule has 3 heteroatoms. The largest absolute Gasteiger partial charge is 0.338 e. The lowest BCUT2D eigenvalue weighted by molar-refractivity contribution is 0.104. The van der Waals surface area contributed by atoms with Crippen LogP contribution in [0.5, 0.6) is 0 Å². The standard InChI is InChI=1S/C16H29N3/c1-12-5-6-13(14(17)11-12)16(2,3)8-7-15-18-9-10-19(15)4/h9-10,12-14H,5-8,11,17H2,1-4H3. The van der Waals surface area contributed by atoms with Gasteiger partial charge in [0.2, 0.25) is 0 Å². The van der Waals surface area contributed by atoms with Crippen LogP contribution in [0, 0.1) is 17.3 Å². The Morgan fingerprint density at radius 1 is 1.42 bits per heavy atom. The lowest BCUT2D eigenvalue weighted by Gasteiger charge is -2.43. The van der Waals surface area contributed by atoms with Gasteiger partial charge in [0.25, 0.3) is 0 Å². The maximum Gasteiger partial charge on any atom is 0.108 e. The van der Waals surface area contributed by atoms with E-state index in [1.54, 1.807) is 0 Å². The van der Waals surface area contributed by atoms with E-state index in [2.05, 4.69) is 37.4 Å². The second-order valence-electron chi connectivity index (χ2n) is 7.13. The number of hydrogen-bond donors (Lipinski definition) is 1. The molecule has 0 radical (unpaired) electrons. The molecule has 3 atom stereocenters. The van der Waals surface area contributed by atoms with Gasteiger partial charge in [-0.3, -0.25) is 0 Å². The zero-order valence-electron chi connectivity index (χ0n) is 12.9. The summed E-state index contributed by atoms with van der Waals surface area (Å²) in [5.74, 6) is 2.64. The highest BCUT2D eigenvalue weighted by atomic mass is 15.0. The van der Waals surface area contributed by atoms with Crippen molar-refractivity contribution in [2.24, 2.45) is 30.0 Å². The van der Waals surface area contributed by atoms with Gasteiger partial charge in [0, 0.05) is 31.9 Å². The van der Waals surface area contributed by atoms with Gasteiger partial charge in [0.05, 0.1) is 0 Å². The van der Waals surface area contributed by atoms with E-state index in [0.29, 0.717) is 17.4 Å². The van der Waals surface area contributed by atoms with Gasteiger partial charge in [-0.05, 0) is 36.5 Å². The lowest BCUT2D eigenvalue weighted by atomic mass is 9.65. The molecule has 0 spiro atoms. The van der Waals surface area contributed by atoms with E-state index in [9.17, 15) is 0 Å². The molecule has 0 saturated heterocycles. The van der Waals surface area contributed by atoms with Crippen LogP contribution in [0.4, 0.5) is 0 Å². The smallest absolute Gasteiger partial charge is 0.108 e. The molecule has 0 aromatic carbocycles. The minimum Gasteiger partial charge on any atom is -0.338 e. The molecule has 3 nitrogen and oxygen atoms in total. The first kappa shape index (κ1) is 14.6. The molecule has 1 aromatic heterocycles. The van der Waals surface area contributed by atoms with E-state index >= 15 is 0 Å². The van der Waals surface area contributed by atoms with Crippen molar-refractivity contribution in [3.8, 4) is 0 Å². The Hall–Kier alpha value is -0.830. The summed E-state index contributed by atoms with van der Waals surface area (Å²) in [6, 6.07) is 0.375. The maximum atomic E-state index is 6.41. The molecule has 1 fully saturated rings. The Bertz CT molecular complexity index is 408. The number of aryl methyl sites for hydroxylation is 2. The zero-order chi connectivity index (χ0) is 14.0. The van der Waals surface area contributed by atoms with Crippen molar-refractivity contribution in [3.63, 3.8) is 0 Å². The first-order valence-electron chi connectivity index (χ1n) is 7.62. The molecule has 108 valence electrons. The van der Waals surface area contributed by atoms with E-state index in [4.69, 9.17) is 5.73 Å². The molecule has 1 aliphatic carbocycles. The van der Waals surface area contributed by atoms with Gasteiger partial charge < -0.3 is 10.3 Å². The van der Waals surface area contributed by atoms with E-state index in [0.717, 1.165) is 12.3 Å². The fraction of sp³-hybridized carbons (Fsp3) is 0.812. The molecule has 1 aromatic rings. The first-order valence-corrected chi connectivity index (χ1v) is 7.62. The average molecular weight is 263 g/mol. The number of rotatable bonds is 4. The maximum absolute atomic E-state index is 6.41. The molecule has 1 aliphatic rings. The summed E-state index contributed by atoms with van der Waals surface area (Å²) in [5.41, 5.74) is 6.72. The van der Waals surface area contributed by atoms with Crippen molar-refractivity contribution in [2.45, 2.75) is 58.9 Å². The molecule has 0 bridgehead atoms. The average Bonchev–Trinajstić information content (AvgIpc) is 2.72. The van der Waals surface area contributed by atoms with Crippen molar-refractivity contribution in [1.82, 2.24) is 9.55 Å². The molecule has 1 heterocycles. The van der Waals surface area contributed by atoms with Gasteiger partial charge >= 0.3 is 0 Å². The van der Waals surface area contributed by atoms with E-state index in [1.807, 2.05) is 12.4 Å². The summed E-state index contributed by atoms with van der Waals surface area (Å²) in [6.45, 7) is 7.10. The van der Waals surface area contributed by atoms with Crippen LogP contribution in [0.2, 0.25) is 0 Å². The molecule has 1 saturated carbocycles. The summed E-state index contributed by atoms with van der Waals surface area (Å²) < 4.78 is 2.12. The van der Waals surface area contributed by atoms with Gasteiger partial charge in [0.1, 0.15) is 5.82 Å². The SMILES string of the molecule is CC1CCC(C(C)(C)CCc2nccn2C)C(N)C1. The normalized spacial score (nSPS) is 28.6. The van der Waals surface area contributed by atoms with Gasteiger partial charge in [-0.15, -0.1) is 0 Å². The van der Waals surface area contributed by atoms with Crippen LogP contribution in [0.15, 0.2) is 12.4 Å². The molecule has 2 rings (SSSR count). The Kier molecular flexibility index (Phi) is 4.34. The highest BCUT2D eigenvalue weighted by molar-refractivity contribution is 4.95. The minimum atomic E-state index is 0.311. The molecule has 0 amide bonds. The van der Waals surface area contributed by atoms with Crippen molar-refractivity contribution in [1.29, 1.82) is 0 Å². The first-order chi connectivity index (χ1) is 8.90. The summed E-state index contributed by atoms with van der Waals surface area (Å²) >= 11 is 0. The highest BCUT2D eigenvalue weighted by Gasteiger charge is 2.37. The monoisotopic (exact) mass is 263 g/mol. The minimum absolute atomic E-state index is 0.311. The van der Waals surface area contributed by atoms with Crippen molar-refractivity contribution in [3.05, 3.63) is 18.2 Å². The van der Waals surface area contributed by atoms with E-state index in [-0.39, 0.29) is 0 Å². The fourth-order valence-corrected chi connectivity index (χ4v) is 3.65. The Balaban J connectivity index is 1.96. The summed E-state index contributed by atoms with van der Waals surface area (Å²) in [5, 5.41) is 0. The Morgan fingerprint density at radius 2 is 2.16 bits per heavy atom. The molecular formula is C16H29N3. The third-order valence-corrected chi connectivity index (χ3v) is 5.08. The number of nitrogens with two attached hydrogens (primary N) is 1. The van der Waals surface area contributed by atoms with Gasteiger partial charge in [0.15, 0.2) is 0 Å². The third-order valence-electron chi connectivity index (χ3n) is 5.08. The van der Waals surface area contributed by atoms with Crippen LogP contribution in [0.3, 0.4) is 0 Å². The predicted octanol–water partition coefficient (Wildman–Crippen LogP) is 3.14. The van der Waals surface area contributed by atoms with Crippen molar-refractivity contribution >= 4 is 0 Å². The second kappa shape index (κ2) is 5.66. The quantitative estimate of drug-likeness (QED) is 0.907. The number of imidazole rings is 1. The molecule has 3 unspecified atom stereocenters. The topological polar surface area (TPSA) is 43.8 Å².